The van der Waals surface area contributed by atoms with Crippen molar-refractivity contribution in [3.8, 4) is 34.5 Å². The largest absolute Gasteiger partial charge is 1.00 e. The number of rotatable bonds is 10. The van der Waals surface area contributed by atoms with E-state index in [0.29, 0.717) is 47.3 Å². The molecule has 0 atom stereocenters. The van der Waals surface area contributed by atoms with Crippen molar-refractivity contribution in [2.75, 3.05) is 42.7 Å². The van der Waals surface area contributed by atoms with Crippen LogP contribution in [0.1, 0.15) is 22.5 Å². The molecule has 0 saturated carbocycles. The van der Waals surface area contributed by atoms with E-state index in [9.17, 15) is 0 Å². The molecule has 0 radical (unpaired) electrons. The number of benzene rings is 3. The molecule has 2 aromatic heterocycles. The summed E-state index contributed by atoms with van der Waals surface area (Å²) >= 11 is 0. The molecule has 44 heavy (non-hydrogen) atoms. The van der Waals surface area contributed by atoms with Crippen LogP contribution in [0, 0.1) is 0 Å². The highest BCUT2D eigenvalue weighted by Crippen LogP contribution is 2.45. The highest BCUT2D eigenvalue weighted by molar-refractivity contribution is 5.95. The number of pyridine rings is 2. The van der Waals surface area contributed by atoms with E-state index < -0.39 is 0 Å². The normalized spacial score (nSPS) is 10.5. The summed E-state index contributed by atoms with van der Waals surface area (Å²) in [5, 5.41) is 4.06. The maximum atomic E-state index is 5.86. The van der Waals surface area contributed by atoms with Gasteiger partial charge in [0, 0.05) is 22.9 Å². The van der Waals surface area contributed by atoms with Gasteiger partial charge < -0.3 is 76.4 Å². The van der Waals surface area contributed by atoms with Crippen LogP contribution >= 0.6 is 0 Å². The average Bonchev–Trinajstić information content (AvgIpc) is 3.02. The molecule has 2 heterocycles. The van der Waals surface area contributed by atoms with Crippen molar-refractivity contribution >= 4 is 21.5 Å². The van der Waals surface area contributed by atoms with Gasteiger partial charge in [-0.3, -0.25) is 0 Å². The third-order valence-corrected chi connectivity index (χ3v) is 7.87. The standard InChI is InChI=1S/C34H38N2O6.2HI/c1-35-15-13-23-19-27(37-3)31(39-5)33(41-7)29(23)25(35)17-21-9-11-22(12-10-21)18-26-30-24(14-16-36(26)2)20-28(38-4)32(40-6)34(30)42-8;;/h9-16,19-20H,17-18H2,1-8H3;2*1H/q+2;;/p-2. The van der Waals surface area contributed by atoms with Crippen molar-refractivity contribution < 1.29 is 85.5 Å². The van der Waals surface area contributed by atoms with Gasteiger partial charge in [0.15, 0.2) is 46.8 Å². The molecular formula is C34H38I2N2O6. The first-order valence-electron chi connectivity index (χ1n) is 13.7. The van der Waals surface area contributed by atoms with Crippen molar-refractivity contribution in [3.05, 3.63) is 83.4 Å². The van der Waals surface area contributed by atoms with Gasteiger partial charge in [0.1, 0.15) is 14.1 Å². The number of fused-ring (bicyclic) bond motifs is 2. The maximum absolute atomic E-state index is 5.86. The van der Waals surface area contributed by atoms with Gasteiger partial charge in [-0.15, -0.1) is 0 Å². The van der Waals surface area contributed by atoms with Crippen molar-refractivity contribution in [2.45, 2.75) is 12.8 Å². The van der Waals surface area contributed by atoms with Crippen LogP contribution in [0.2, 0.25) is 0 Å². The van der Waals surface area contributed by atoms with Crippen LogP contribution in [0.15, 0.2) is 60.9 Å². The molecule has 0 aliphatic carbocycles. The van der Waals surface area contributed by atoms with Gasteiger partial charge in [0.05, 0.1) is 66.3 Å². The average molecular weight is 824 g/mol. The second-order valence-corrected chi connectivity index (χ2v) is 10.1. The van der Waals surface area contributed by atoms with Crippen molar-refractivity contribution in [3.63, 3.8) is 0 Å². The fourth-order valence-electron chi connectivity index (χ4n) is 5.71. The lowest BCUT2D eigenvalue weighted by Gasteiger charge is -2.16. The van der Waals surface area contributed by atoms with E-state index >= 15 is 0 Å². The number of aryl methyl sites for hydroxylation is 2. The Labute approximate surface area is 292 Å². The zero-order valence-electron chi connectivity index (χ0n) is 26.3. The summed E-state index contributed by atoms with van der Waals surface area (Å²) in [5.41, 5.74) is 4.60. The first-order chi connectivity index (χ1) is 20.4. The second-order valence-electron chi connectivity index (χ2n) is 10.1. The zero-order chi connectivity index (χ0) is 30.0. The quantitative estimate of drug-likeness (QED) is 0.132. The lowest BCUT2D eigenvalue weighted by Crippen LogP contribution is -3.00. The van der Waals surface area contributed by atoms with Gasteiger partial charge in [-0.2, -0.15) is 0 Å². The lowest BCUT2D eigenvalue weighted by atomic mass is 9.98. The summed E-state index contributed by atoms with van der Waals surface area (Å²) in [5.74, 6) is 3.78. The van der Waals surface area contributed by atoms with E-state index in [1.54, 1.807) is 42.7 Å². The first-order valence-corrected chi connectivity index (χ1v) is 13.7. The van der Waals surface area contributed by atoms with Crippen LogP contribution in [0.25, 0.3) is 21.5 Å². The van der Waals surface area contributed by atoms with Crippen LogP contribution in [0.4, 0.5) is 0 Å². The molecule has 0 aliphatic heterocycles. The summed E-state index contributed by atoms with van der Waals surface area (Å²) in [6, 6.07) is 16.9. The molecule has 0 N–H and O–H groups in total. The number of hydrogen-bond donors (Lipinski definition) is 0. The predicted octanol–water partition coefficient (Wildman–Crippen LogP) is -1.12. The summed E-state index contributed by atoms with van der Waals surface area (Å²) in [6.45, 7) is 0. The van der Waals surface area contributed by atoms with Crippen molar-refractivity contribution in [1.29, 1.82) is 0 Å². The van der Waals surface area contributed by atoms with Crippen LogP contribution in [-0.2, 0) is 26.9 Å². The SMILES string of the molecule is COc1cc2cc[n+](C)c(Cc3ccc(Cc4c5c(OC)c(OC)c(OC)cc5cc[n+]4C)cc3)c2c(OC)c1OC.[I-].[I-]. The Bertz CT molecular complexity index is 1650. The van der Waals surface area contributed by atoms with Gasteiger partial charge >= 0.3 is 0 Å². The highest BCUT2D eigenvalue weighted by atomic mass is 127. The number of hydrogen-bond acceptors (Lipinski definition) is 6. The van der Waals surface area contributed by atoms with E-state index in [1.165, 1.54) is 11.1 Å². The van der Waals surface area contributed by atoms with Gasteiger partial charge in [-0.1, -0.05) is 24.3 Å². The summed E-state index contributed by atoms with van der Waals surface area (Å²) < 4.78 is 38.5. The number of methoxy groups -OCH3 is 6. The number of ether oxygens (including phenoxy) is 6. The third kappa shape index (κ3) is 6.42. The highest BCUT2D eigenvalue weighted by Gasteiger charge is 2.25. The molecule has 0 fully saturated rings. The molecule has 5 rings (SSSR count). The van der Waals surface area contributed by atoms with Gasteiger partial charge in [-0.05, 0) is 23.3 Å². The van der Waals surface area contributed by atoms with Crippen LogP contribution in [0.3, 0.4) is 0 Å². The molecular weight excluding hydrogens is 786 g/mol. The Kier molecular flexibility index (Phi) is 12.1. The molecule has 0 spiro atoms. The van der Waals surface area contributed by atoms with Crippen LogP contribution < -0.4 is 85.5 Å². The predicted molar refractivity (Wildman–Crippen MR) is 162 cm³/mol. The molecule has 0 saturated heterocycles. The lowest BCUT2D eigenvalue weighted by molar-refractivity contribution is -0.677. The van der Waals surface area contributed by atoms with Crippen molar-refractivity contribution in [2.24, 2.45) is 14.1 Å². The summed E-state index contributed by atoms with van der Waals surface area (Å²) in [4.78, 5) is 0. The Morgan fingerprint density at radius 1 is 0.477 bits per heavy atom. The second kappa shape index (κ2) is 15.2. The Hall–Kier alpha value is -3.26. The topological polar surface area (TPSA) is 63.1 Å². The zero-order valence-corrected chi connectivity index (χ0v) is 30.6. The minimum Gasteiger partial charge on any atom is -1.00 e. The molecule has 3 aromatic carbocycles. The first kappa shape index (κ1) is 35.2. The maximum Gasteiger partial charge on any atom is 0.204 e. The monoisotopic (exact) mass is 824 g/mol. The van der Waals surface area contributed by atoms with Crippen LogP contribution in [0.5, 0.6) is 34.5 Å². The fourth-order valence-corrected chi connectivity index (χ4v) is 5.71. The Morgan fingerprint density at radius 3 is 1.11 bits per heavy atom. The number of aromatic nitrogens is 2. The van der Waals surface area contributed by atoms with E-state index in [4.69, 9.17) is 28.4 Å². The van der Waals surface area contributed by atoms with Gasteiger partial charge in [0.2, 0.25) is 11.5 Å². The van der Waals surface area contributed by atoms with Gasteiger partial charge in [0.25, 0.3) is 0 Å². The van der Waals surface area contributed by atoms with E-state index in [-0.39, 0.29) is 48.0 Å². The summed E-state index contributed by atoms with van der Waals surface area (Å²) in [7, 11) is 14.0. The number of nitrogens with zero attached hydrogens (tertiary/aromatic N) is 2. The Morgan fingerprint density at radius 2 is 0.818 bits per heavy atom. The fraction of sp³-hybridized carbons (Fsp3) is 0.294. The third-order valence-electron chi connectivity index (χ3n) is 7.87. The molecule has 10 heteroatoms. The Balaban J connectivity index is 0.00000264. The van der Waals surface area contributed by atoms with Gasteiger partial charge in [-0.25, -0.2) is 9.13 Å². The molecule has 8 nitrogen and oxygen atoms in total. The van der Waals surface area contributed by atoms with E-state index in [1.807, 2.05) is 12.1 Å². The van der Waals surface area contributed by atoms with E-state index in [2.05, 4.69) is 72.0 Å². The molecule has 5 aromatic rings. The molecule has 0 bridgehead atoms. The smallest absolute Gasteiger partial charge is 0.204 e. The minimum atomic E-state index is 0. The van der Waals surface area contributed by atoms with Crippen molar-refractivity contribution in [1.82, 2.24) is 0 Å². The molecule has 234 valence electrons. The molecule has 0 amide bonds. The minimum absolute atomic E-state index is 0. The molecule has 0 aliphatic rings. The molecule has 0 unspecified atom stereocenters. The van der Waals surface area contributed by atoms with E-state index in [0.717, 1.165) is 32.9 Å². The number of halogens is 2. The van der Waals surface area contributed by atoms with Crippen LogP contribution in [-0.4, -0.2) is 42.7 Å². The summed E-state index contributed by atoms with van der Waals surface area (Å²) in [6.07, 6.45) is 5.56.